The lowest BCUT2D eigenvalue weighted by Crippen LogP contribution is -2.48. The molecule has 1 heterocycles. The van der Waals surface area contributed by atoms with Gasteiger partial charge >= 0.3 is 5.97 Å². The summed E-state index contributed by atoms with van der Waals surface area (Å²) in [7, 11) is 3.70. The van der Waals surface area contributed by atoms with E-state index in [1.165, 1.54) is 4.90 Å². The van der Waals surface area contributed by atoms with E-state index in [2.05, 4.69) is 5.32 Å². The van der Waals surface area contributed by atoms with Gasteiger partial charge in [-0.15, -0.1) is 0 Å². The zero-order chi connectivity index (χ0) is 13.7. The Morgan fingerprint density at radius 1 is 1.39 bits per heavy atom. The molecule has 2 N–H and O–H groups in total. The Bertz CT molecular complexity index is 343. The normalized spacial score (nSPS) is 18.8. The first-order valence-corrected chi connectivity index (χ1v) is 5.85. The fourth-order valence-electron chi connectivity index (χ4n) is 1.77. The molecule has 0 spiro atoms. The topological polar surface area (TPSA) is 90.0 Å². The number of carboxylic acid groups (broad SMARTS) is 1. The van der Waals surface area contributed by atoms with Gasteiger partial charge in [-0.1, -0.05) is 0 Å². The van der Waals surface area contributed by atoms with Gasteiger partial charge in [-0.2, -0.15) is 0 Å². The summed E-state index contributed by atoms with van der Waals surface area (Å²) in [5.74, 6) is -1.52. The maximum Gasteiger partial charge on any atom is 0.323 e. The van der Waals surface area contributed by atoms with Crippen LogP contribution in [0.3, 0.4) is 0 Å². The van der Waals surface area contributed by atoms with E-state index >= 15 is 0 Å². The van der Waals surface area contributed by atoms with Crippen LogP contribution in [0.15, 0.2) is 0 Å². The molecule has 0 unspecified atom stereocenters. The minimum absolute atomic E-state index is 0.156. The van der Waals surface area contributed by atoms with Crippen molar-refractivity contribution in [3.8, 4) is 0 Å². The SMILES string of the molecule is CN(C)CCN(CC(=O)O)C(=O)[C@H]1CCC(=O)N1. The van der Waals surface area contributed by atoms with Crippen molar-refractivity contribution >= 4 is 17.8 Å². The van der Waals surface area contributed by atoms with Crippen LogP contribution in [-0.2, 0) is 14.4 Å². The highest BCUT2D eigenvalue weighted by Gasteiger charge is 2.31. The minimum atomic E-state index is -1.05. The van der Waals surface area contributed by atoms with Crippen LogP contribution in [0.4, 0.5) is 0 Å². The lowest BCUT2D eigenvalue weighted by atomic mass is 10.2. The summed E-state index contributed by atoms with van der Waals surface area (Å²) in [4.78, 5) is 37.0. The molecule has 1 fully saturated rings. The van der Waals surface area contributed by atoms with Gasteiger partial charge in [-0.05, 0) is 20.5 Å². The molecule has 1 atom stereocenters. The number of amides is 2. The van der Waals surface area contributed by atoms with E-state index in [0.717, 1.165) is 0 Å². The van der Waals surface area contributed by atoms with Crippen molar-refractivity contribution in [1.29, 1.82) is 0 Å². The lowest BCUT2D eigenvalue weighted by Gasteiger charge is -2.25. The molecule has 102 valence electrons. The fraction of sp³-hybridized carbons (Fsp3) is 0.727. The van der Waals surface area contributed by atoms with Gasteiger partial charge in [-0.3, -0.25) is 14.4 Å². The van der Waals surface area contributed by atoms with Crippen LogP contribution in [-0.4, -0.2) is 72.5 Å². The van der Waals surface area contributed by atoms with Gasteiger partial charge < -0.3 is 20.2 Å². The third kappa shape index (κ3) is 4.33. The summed E-state index contributed by atoms with van der Waals surface area (Å²) in [6.45, 7) is 0.587. The number of rotatable bonds is 6. The second-order valence-corrected chi connectivity index (χ2v) is 4.62. The molecule has 0 aromatic carbocycles. The van der Waals surface area contributed by atoms with Crippen molar-refractivity contribution in [2.45, 2.75) is 18.9 Å². The number of hydrogen-bond acceptors (Lipinski definition) is 4. The Kier molecular flexibility index (Phi) is 5.08. The van der Waals surface area contributed by atoms with Crippen LogP contribution in [0.5, 0.6) is 0 Å². The van der Waals surface area contributed by atoms with Crippen LogP contribution in [0, 0.1) is 0 Å². The Hall–Kier alpha value is -1.63. The molecule has 18 heavy (non-hydrogen) atoms. The summed E-state index contributed by atoms with van der Waals surface area (Å²) in [5, 5.41) is 11.4. The van der Waals surface area contributed by atoms with E-state index in [1.807, 2.05) is 19.0 Å². The quantitative estimate of drug-likeness (QED) is 0.620. The fourth-order valence-corrected chi connectivity index (χ4v) is 1.77. The molecule has 1 saturated heterocycles. The zero-order valence-electron chi connectivity index (χ0n) is 10.7. The van der Waals surface area contributed by atoms with Gasteiger partial charge in [0, 0.05) is 19.5 Å². The van der Waals surface area contributed by atoms with E-state index in [-0.39, 0.29) is 18.4 Å². The van der Waals surface area contributed by atoms with Crippen molar-refractivity contribution in [1.82, 2.24) is 15.1 Å². The number of nitrogens with zero attached hydrogens (tertiary/aromatic N) is 2. The first-order chi connectivity index (χ1) is 8.40. The number of likely N-dealkylation sites (N-methyl/N-ethyl adjacent to an activating group) is 1. The average Bonchev–Trinajstić information content (AvgIpc) is 2.69. The zero-order valence-corrected chi connectivity index (χ0v) is 10.7. The molecule has 1 aliphatic heterocycles. The van der Waals surface area contributed by atoms with Crippen molar-refractivity contribution in [2.24, 2.45) is 0 Å². The standard InChI is InChI=1S/C11H19N3O4/c1-13(2)5-6-14(7-10(16)17)11(18)8-3-4-9(15)12-8/h8H,3-7H2,1-2H3,(H,12,15)(H,16,17)/t8-/m1/s1. The number of carboxylic acids is 1. The molecule has 0 aromatic rings. The number of carbonyl (C=O) groups excluding carboxylic acids is 2. The van der Waals surface area contributed by atoms with Crippen LogP contribution < -0.4 is 5.32 Å². The maximum absolute atomic E-state index is 12.1. The summed E-state index contributed by atoms with van der Waals surface area (Å²) in [6.07, 6.45) is 0.765. The first kappa shape index (κ1) is 14.4. The molecule has 0 radical (unpaired) electrons. The van der Waals surface area contributed by atoms with Crippen LogP contribution in [0.1, 0.15) is 12.8 Å². The monoisotopic (exact) mass is 257 g/mol. The van der Waals surface area contributed by atoms with Crippen molar-refractivity contribution in [3.05, 3.63) is 0 Å². The number of carbonyl (C=O) groups is 3. The molecule has 0 aliphatic carbocycles. The van der Waals surface area contributed by atoms with Gasteiger partial charge in [0.2, 0.25) is 11.8 Å². The summed E-state index contributed by atoms with van der Waals surface area (Å²) >= 11 is 0. The van der Waals surface area contributed by atoms with Gasteiger partial charge in [0.15, 0.2) is 0 Å². The number of hydrogen-bond donors (Lipinski definition) is 2. The second kappa shape index (κ2) is 6.34. The summed E-state index contributed by atoms with van der Waals surface area (Å²) in [6, 6.07) is -0.570. The molecule has 0 saturated carbocycles. The Balaban J connectivity index is 2.60. The third-order valence-corrected chi connectivity index (χ3v) is 2.75. The van der Waals surface area contributed by atoms with Crippen LogP contribution in [0.2, 0.25) is 0 Å². The van der Waals surface area contributed by atoms with Gasteiger partial charge in [0.25, 0.3) is 0 Å². The Morgan fingerprint density at radius 2 is 2.06 bits per heavy atom. The first-order valence-electron chi connectivity index (χ1n) is 5.85. The highest BCUT2D eigenvalue weighted by molar-refractivity contribution is 5.92. The Labute approximate surface area is 106 Å². The van der Waals surface area contributed by atoms with E-state index in [1.54, 1.807) is 0 Å². The van der Waals surface area contributed by atoms with E-state index in [0.29, 0.717) is 25.9 Å². The predicted molar refractivity (Wildman–Crippen MR) is 63.9 cm³/mol. The van der Waals surface area contributed by atoms with Gasteiger partial charge in [0.1, 0.15) is 12.6 Å². The maximum atomic E-state index is 12.1. The third-order valence-electron chi connectivity index (χ3n) is 2.75. The molecule has 0 aromatic heterocycles. The summed E-state index contributed by atoms with van der Waals surface area (Å²) in [5.41, 5.74) is 0. The predicted octanol–water partition coefficient (Wildman–Crippen LogP) is -1.26. The second-order valence-electron chi connectivity index (χ2n) is 4.62. The smallest absolute Gasteiger partial charge is 0.323 e. The van der Waals surface area contributed by atoms with Gasteiger partial charge in [0.05, 0.1) is 0 Å². The van der Waals surface area contributed by atoms with E-state index in [9.17, 15) is 14.4 Å². The Morgan fingerprint density at radius 3 is 2.50 bits per heavy atom. The number of aliphatic carboxylic acids is 1. The highest BCUT2D eigenvalue weighted by Crippen LogP contribution is 2.09. The average molecular weight is 257 g/mol. The molecular formula is C11H19N3O4. The van der Waals surface area contributed by atoms with Gasteiger partial charge in [-0.25, -0.2) is 0 Å². The molecule has 2 amide bonds. The summed E-state index contributed by atoms with van der Waals surface area (Å²) < 4.78 is 0. The lowest BCUT2D eigenvalue weighted by molar-refractivity contribution is -0.145. The molecular weight excluding hydrogens is 238 g/mol. The largest absolute Gasteiger partial charge is 0.480 e. The number of nitrogens with one attached hydrogen (secondary N) is 1. The molecule has 1 rings (SSSR count). The van der Waals surface area contributed by atoms with E-state index < -0.39 is 12.0 Å². The highest BCUT2D eigenvalue weighted by atomic mass is 16.4. The van der Waals surface area contributed by atoms with E-state index in [4.69, 9.17) is 5.11 Å². The molecule has 7 heteroatoms. The van der Waals surface area contributed by atoms with Crippen molar-refractivity contribution in [2.75, 3.05) is 33.7 Å². The molecule has 7 nitrogen and oxygen atoms in total. The van der Waals surface area contributed by atoms with Crippen molar-refractivity contribution in [3.63, 3.8) is 0 Å². The molecule has 0 bridgehead atoms. The van der Waals surface area contributed by atoms with Crippen LogP contribution >= 0.6 is 0 Å². The minimum Gasteiger partial charge on any atom is -0.480 e. The van der Waals surface area contributed by atoms with Crippen molar-refractivity contribution < 1.29 is 19.5 Å². The van der Waals surface area contributed by atoms with Crippen LogP contribution in [0.25, 0.3) is 0 Å². The molecule has 1 aliphatic rings.